The van der Waals surface area contributed by atoms with Crippen LogP contribution in [0.4, 0.5) is 16.2 Å². The van der Waals surface area contributed by atoms with E-state index >= 15 is 0 Å². The molecule has 0 bridgehead atoms. The Morgan fingerprint density at radius 1 is 1.02 bits per heavy atom. The Labute approximate surface area is 239 Å². The minimum Gasteiger partial charge on any atom is -0.466 e. The number of amides is 4. The fourth-order valence-electron chi connectivity index (χ4n) is 4.72. The molecule has 0 saturated carbocycles. The lowest BCUT2D eigenvalue weighted by atomic mass is 10.1. The van der Waals surface area contributed by atoms with E-state index in [9.17, 15) is 19.2 Å². The molecule has 3 N–H and O–H groups in total. The van der Waals surface area contributed by atoms with Gasteiger partial charge >= 0.3 is 12.0 Å². The highest BCUT2D eigenvalue weighted by Crippen LogP contribution is 2.30. The van der Waals surface area contributed by atoms with Crippen molar-refractivity contribution >= 4 is 35.2 Å². The van der Waals surface area contributed by atoms with Gasteiger partial charge in [-0.15, -0.1) is 0 Å². The molecule has 3 aromatic rings. The molecule has 0 spiro atoms. The summed E-state index contributed by atoms with van der Waals surface area (Å²) in [4.78, 5) is 56.8. The smallest absolute Gasteiger partial charge is 0.319 e. The number of nitrogens with zero attached hydrogens (tertiary/aromatic N) is 2. The van der Waals surface area contributed by atoms with Gasteiger partial charge in [0.15, 0.2) is 0 Å². The van der Waals surface area contributed by atoms with Crippen LogP contribution in [0.25, 0.3) is 0 Å². The fraction of sp³-hybridized carbons (Fsp3) is 0.323. The van der Waals surface area contributed by atoms with E-state index < -0.39 is 24.3 Å². The topological polar surface area (TPSA) is 130 Å². The fourth-order valence-corrected chi connectivity index (χ4v) is 4.72. The molecule has 0 aliphatic carbocycles. The third-order valence-electron chi connectivity index (χ3n) is 6.72. The number of hydrogen-bond donors (Lipinski definition) is 3. The third-order valence-corrected chi connectivity index (χ3v) is 6.72. The number of esters is 1. The molecule has 2 aromatic carbocycles. The second-order valence-corrected chi connectivity index (χ2v) is 9.73. The number of carbonyl (C=O) groups excluding carboxylic acids is 4. The molecule has 10 nitrogen and oxygen atoms in total. The Kier molecular flexibility index (Phi) is 10.4. The van der Waals surface area contributed by atoms with E-state index in [4.69, 9.17) is 4.74 Å². The van der Waals surface area contributed by atoms with E-state index in [-0.39, 0.29) is 25.0 Å². The minimum atomic E-state index is -0.676. The molecule has 1 aliphatic heterocycles. The van der Waals surface area contributed by atoms with Crippen molar-refractivity contribution in [2.24, 2.45) is 0 Å². The molecule has 4 rings (SSSR count). The lowest BCUT2D eigenvalue weighted by Crippen LogP contribution is -2.38. The predicted octanol–water partition coefficient (Wildman–Crippen LogP) is 4.27. The van der Waals surface area contributed by atoms with Crippen LogP contribution in [0.3, 0.4) is 0 Å². The summed E-state index contributed by atoms with van der Waals surface area (Å²) in [6, 6.07) is 17.5. The molecule has 1 atom stereocenters. The van der Waals surface area contributed by atoms with E-state index in [2.05, 4.69) is 20.9 Å². The first-order chi connectivity index (χ1) is 19.9. The zero-order chi connectivity index (χ0) is 29.0. The highest BCUT2D eigenvalue weighted by atomic mass is 16.5. The molecule has 0 fully saturated rings. The number of anilines is 2. The van der Waals surface area contributed by atoms with Crippen LogP contribution in [-0.4, -0.2) is 42.0 Å². The standard InChI is InChI=1S/C31H35N5O5/c1-2-41-30(39)18-26(24-12-8-15-32-21-24)35-28(37)19-29(38)36-16-7-6-11-23-13-14-25(17-27(23)36)34-31(40)33-20-22-9-4-3-5-10-22/h3-5,8-10,12-15,17,21,26H,2,6-7,11,16,18-20H2,1H3,(H,35,37)(H2,33,34,40). The predicted molar refractivity (Wildman–Crippen MR) is 155 cm³/mol. The van der Waals surface area contributed by atoms with Crippen LogP contribution in [0.5, 0.6) is 0 Å². The van der Waals surface area contributed by atoms with Gasteiger partial charge in [0.25, 0.3) is 0 Å². The van der Waals surface area contributed by atoms with Gasteiger partial charge in [-0.2, -0.15) is 0 Å². The van der Waals surface area contributed by atoms with Crippen LogP contribution >= 0.6 is 0 Å². The van der Waals surface area contributed by atoms with E-state index in [0.29, 0.717) is 30.0 Å². The molecule has 1 unspecified atom stereocenters. The van der Waals surface area contributed by atoms with Gasteiger partial charge in [-0.3, -0.25) is 19.4 Å². The van der Waals surface area contributed by atoms with Gasteiger partial charge in [-0.05, 0) is 61.1 Å². The van der Waals surface area contributed by atoms with E-state index in [1.54, 1.807) is 42.4 Å². The van der Waals surface area contributed by atoms with Gasteiger partial charge in [0, 0.05) is 36.9 Å². The zero-order valence-corrected chi connectivity index (χ0v) is 23.1. The maximum atomic E-state index is 13.4. The maximum absolute atomic E-state index is 13.4. The van der Waals surface area contributed by atoms with Gasteiger partial charge in [0.2, 0.25) is 11.8 Å². The molecule has 41 heavy (non-hydrogen) atoms. The van der Waals surface area contributed by atoms with Crippen molar-refractivity contribution in [3.05, 3.63) is 89.7 Å². The average Bonchev–Trinajstić information content (AvgIpc) is 3.19. The summed E-state index contributed by atoms with van der Waals surface area (Å²) >= 11 is 0. The van der Waals surface area contributed by atoms with Crippen LogP contribution in [-0.2, 0) is 32.1 Å². The number of benzene rings is 2. The van der Waals surface area contributed by atoms with E-state index in [1.807, 2.05) is 42.5 Å². The Bertz CT molecular complexity index is 1350. The van der Waals surface area contributed by atoms with Gasteiger partial charge in [-0.1, -0.05) is 42.5 Å². The van der Waals surface area contributed by atoms with Gasteiger partial charge in [-0.25, -0.2) is 4.79 Å². The molecule has 2 heterocycles. The van der Waals surface area contributed by atoms with Crippen molar-refractivity contribution in [3.63, 3.8) is 0 Å². The average molecular weight is 558 g/mol. The third kappa shape index (κ3) is 8.63. The van der Waals surface area contributed by atoms with Crippen LogP contribution in [0.2, 0.25) is 0 Å². The first-order valence-electron chi connectivity index (χ1n) is 13.8. The van der Waals surface area contributed by atoms with Gasteiger partial charge in [0.05, 0.1) is 19.1 Å². The Morgan fingerprint density at radius 3 is 2.61 bits per heavy atom. The van der Waals surface area contributed by atoms with E-state index in [0.717, 1.165) is 30.4 Å². The molecule has 214 valence electrons. The van der Waals surface area contributed by atoms with Crippen LogP contribution in [0, 0.1) is 0 Å². The number of hydrogen-bond acceptors (Lipinski definition) is 6. The number of carbonyl (C=O) groups is 4. The summed E-state index contributed by atoms with van der Waals surface area (Å²) in [5, 5.41) is 8.48. The molecule has 1 aromatic heterocycles. The lowest BCUT2D eigenvalue weighted by molar-refractivity contribution is -0.143. The Morgan fingerprint density at radius 2 is 1.85 bits per heavy atom. The largest absolute Gasteiger partial charge is 0.466 e. The second-order valence-electron chi connectivity index (χ2n) is 9.73. The number of urea groups is 1. The number of fused-ring (bicyclic) bond motifs is 1. The molecule has 1 aliphatic rings. The highest BCUT2D eigenvalue weighted by Gasteiger charge is 2.26. The molecule has 0 saturated heterocycles. The summed E-state index contributed by atoms with van der Waals surface area (Å²) in [6.07, 6.45) is 5.17. The molecule has 10 heteroatoms. The van der Waals surface area contributed by atoms with Crippen molar-refractivity contribution in [1.82, 2.24) is 15.6 Å². The van der Waals surface area contributed by atoms with Crippen molar-refractivity contribution in [1.29, 1.82) is 0 Å². The van der Waals surface area contributed by atoms with Crippen molar-refractivity contribution in [3.8, 4) is 0 Å². The van der Waals surface area contributed by atoms with Crippen LogP contribution in [0.15, 0.2) is 73.1 Å². The maximum Gasteiger partial charge on any atom is 0.319 e. The summed E-state index contributed by atoms with van der Waals surface area (Å²) in [6.45, 7) is 2.78. The second kappa shape index (κ2) is 14.6. The number of rotatable bonds is 10. The number of aryl methyl sites for hydroxylation is 1. The van der Waals surface area contributed by atoms with Crippen molar-refractivity contribution < 1.29 is 23.9 Å². The van der Waals surface area contributed by atoms with Crippen molar-refractivity contribution in [2.45, 2.75) is 51.6 Å². The normalized spacial score (nSPS) is 13.2. The van der Waals surface area contributed by atoms with E-state index in [1.165, 1.54) is 0 Å². The van der Waals surface area contributed by atoms with Gasteiger partial charge in [0.1, 0.15) is 6.42 Å². The number of nitrogens with one attached hydrogen (secondary N) is 3. The monoisotopic (exact) mass is 557 g/mol. The zero-order valence-electron chi connectivity index (χ0n) is 23.1. The number of aromatic nitrogens is 1. The summed E-state index contributed by atoms with van der Waals surface area (Å²) in [7, 11) is 0. The lowest BCUT2D eigenvalue weighted by Gasteiger charge is -2.24. The quantitative estimate of drug-likeness (QED) is 0.252. The van der Waals surface area contributed by atoms with Gasteiger partial charge < -0.3 is 25.6 Å². The molecular formula is C31H35N5O5. The van der Waals surface area contributed by atoms with Crippen molar-refractivity contribution in [2.75, 3.05) is 23.4 Å². The summed E-state index contributed by atoms with van der Waals surface area (Å²) in [5.74, 6) is -1.33. The molecule has 4 amide bonds. The van der Waals surface area contributed by atoms with Crippen LogP contribution < -0.4 is 20.9 Å². The molecule has 0 radical (unpaired) electrons. The number of ether oxygens (including phenoxy) is 1. The highest BCUT2D eigenvalue weighted by molar-refractivity contribution is 6.06. The molecular weight excluding hydrogens is 522 g/mol. The Hall–Kier alpha value is -4.73. The van der Waals surface area contributed by atoms with Crippen LogP contribution in [0.1, 0.15) is 55.3 Å². The summed E-state index contributed by atoms with van der Waals surface area (Å²) in [5.41, 5.74) is 3.82. The Balaban J connectivity index is 1.42. The number of pyridine rings is 1. The SMILES string of the molecule is CCOC(=O)CC(NC(=O)CC(=O)N1CCCCc2ccc(NC(=O)NCc3ccccc3)cc21)c1cccnc1. The first kappa shape index (κ1) is 29.3. The minimum absolute atomic E-state index is 0.0760. The first-order valence-corrected chi connectivity index (χ1v) is 13.8. The summed E-state index contributed by atoms with van der Waals surface area (Å²) < 4.78 is 5.06.